The molecular weight excluding hydrogens is 526 g/mol. The van der Waals surface area contributed by atoms with E-state index < -0.39 is 0 Å². The third-order valence-corrected chi connectivity index (χ3v) is 6.46. The fourth-order valence-corrected chi connectivity index (χ4v) is 4.29. The average molecular weight is 545 g/mol. The second-order valence-corrected chi connectivity index (χ2v) is 9.47. The van der Waals surface area contributed by atoms with Crippen molar-refractivity contribution < 1.29 is 19.1 Å². The number of carbonyl (C=O) groups is 2. The van der Waals surface area contributed by atoms with E-state index in [2.05, 4.69) is 15.9 Å². The molecular formula is C25H19BrClNO4S. The smallest absolute Gasteiger partial charge is 0.293 e. The van der Waals surface area contributed by atoms with E-state index in [9.17, 15) is 9.59 Å². The standard InChI is InChI=1S/C25H19BrClNO4S/c26-19-5-1-18(2-6-19)16-32-22-9-3-17(4-10-22)15-23-24(29)28(25(30)33-23)13-14-31-21-11-7-20(27)8-12-21/h1-12,15H,13-14,16H2/b23-15-. The number of amides is 2. The molecule has 33 heavy (non-hydrogen) atoms. The van der Waals surface area contributed by atoms with Gasteiger partial charge in [0.25, 0.3) is 11.1 Å². The first-order valence-electron chi connectivity index (χ1n) is 10.1. The number of benzene rings is 3. The van der Waals surface area contributed by atoms with Gasteiger partial charge >= 0.3 is 0 Å². The van der Waals surface area contributed by atoms with Gasteiger partial charge in [-0.2, -0.15) is 0 Å². The van der Waals surface area contributed by atoms with Crippen LogP contribution in [0.3, 0.4) is 0 Å². The highest BCUT2D eigenvalue weighted by molar-refractivity contribution is 9.10. The van der Waals surface area contributed by atoms with Crippen LogP contribution < -0.4 is 9.47 Å². The van der Waals surface area contributed by atoms with Gasteiger partial charge < -0.3 is 9.47 Å². The fourth-order valence-electron chi connectivity index (χ4n) is 3.04. The number of halogens is 2. The second-order valence-electron chi connectivity index (χ2n) is 7.12. The molecule has 0 aliphatic carbocycles. The lowest BCUT2D eigenvalue weighted by Gasteiger charge is -2.13. The van der Waals surface area contributed by atoms with Crippen LogP contribution in [0.1, 0.15) is 11.1 Å². The van der Waals surface area contributed by atoms with Gasteiger partial charge in [0, 0.05) is 9.50 Å². The highest BCUT2D eigenvalue weighted by Gasteiger charge is 2.34. The molecule has 1 aliphatic rings. The van der Waals surface area contributed by atoms with E-state index in [1.807, 2.05) is 48.5 Å². The Balaban J connectivity index is 1.31. The van der Waals surface area contributed by atoms with Crippen molar-refractivity contribution in [2.24, 2.45) is 0 Å². The van der Waals surface area contributed by atoms with Crippen LogP contribution in [0.15, 0.2) is 82.2 Å². The molecule has 1 aliphatic heterocycles. The Hall–Kier alpha value is -2.74. The number of hydrogen-bond donors (Lipinski definition) is 0. The first-order valence-corrected chi connectivity index (χ1v) is 12.1. The summed E-state index contributed by atoms with van der Waals surface area (Å²) in [6.45, 7) is 0.842. The van der Waals surface area contributed by atoms with Crippen molar-refractivity contribution in [1.82, 2.24) is 4.90 Å². The van der Waals surface area contributed by atoms with Gasteiger partial charge in [-0.15, -0.1) is 0 Å². The first-order chi connectivity index (χ1) is 16.0. The largest absolute Gasteiger partial charge is 0.492 e. The summed E-state index contributed by atoms with van der Waals surface area (Å²) < 4.78 is 12.4. The van der Waals surface area contributed by atoms with Gasteiger partial charge in [-0.05, 0) is 77.5 Å². The van der Waals surface area contributed by atoms with Crippen molar-refractivity contribution in [2.45, 2.75) is 6.61 Å². The Morgan fingerprint density at radius 3 is 2.21 bits per heavy atom. The monoisotopic (exact) mass is 543 g/mol. The second kappa shape index (κ2) is 10.9. The summed E-state index contributed by atoms with van der Waals surface area (Å²) in [5.41, 5.74) is 1.88. The summed E-state index contributed by atoms with van der Waals surface area (Å²) in [5.74, 6) is 1.03. The Bertz CT molecular complexity index is 1160. The molecule has 1 heterocycles. The minimum absolute atomic E-state index is 0.174. The van der Waals surface area contributed by atoms with E-state index in [0.717, 1.165) is 33.1 Å². The van der Waals surface area contributed by atoms with Crippen LogP contribution in [-0.2, 0) is 11.4 Å². The van der Waals surface area contributed by atoms with Gasteiger partial charge in [0.1, 0.15) is 24.7 Å². The lowest BCUT2D eigenvalue weighted by molar-refractivity contribution is -0.123. The predicted octanol–water partition coefficient (Wildman–Crippen LogP) is 6.80. The molecule has 0 bridgehead atoms. The SMILES string of the molecule is O=C1S/C(=C\c2ccc(OCc3ccc(Br)cc3)cc2)C(=O)N1CCOc1ccc(Cl)cc1. The summed E-state index contributed by atoms with van der Waals surface area (Å²) in [5, 5.41) is 0.308. The minimum Gasteiger partial charge on any atom is -0.492 e. The molecule has 1 saturated heterocycles. The van der Waals surface area contributed by atoms with Crippen molar-refractivity contribution in [3.8, 4) is 11.5 Å². The summed E-state index contributed by atoms with van der Waals surface area (Å²) in [6.07, 6.45) is 1.71. The highest BCUT2D eigenvalue weighted by Crippen LogP contribution is 2.32. The quantitative estimate of drug-likeness (QED) is 0.292. The molecule has 3 aromatic rings. The van der Waals surface area contributed by atoms with Crippen LogP contribution in [0, 0.1) is 0 Å². The summed E-state index contributed by atoms with van der Waals surface area (Å²) in [6, 6.07) is 22.2. The Morgan fingerprint density at radius 1 is 0.879 bits per heavy atom. The Kier molecular flexibility index (Phi) is 7.75. The van der Waals surface area contributed by atoms with Gasteiger partial charge in [0.2, 0.25) is 0 Å². The van der Waals surface area contributed by atoms with Crippen molar-refractivity contribution in [1.29, 1.82) is 0 Å². The summed E-state index contributed by atoms with van der Waals surface area (Å²) in [4.78, 5) is 26.6. The molecule has 0 atom stereocenters. The molecule has 1 fully saturated rings. The molecule has 3 aromatic carbocycles. The molecule has 2 amide bonds. The molecule has 4 rings (SSSR count). The van der Waals surface area contributed by atoms with Crippen LogP contribution in [0.2, 0.25) is 5.02 Å². The maximum Gasteiger partial charge on any atom is 0.293 e. The van der Waals surface area contributed by atoms with Gasteiger partial charge in [-0.1, -0.05) is 51.8 Å². The molecule has 0 saturated carbocycles. The molecule has 0 aromatic heterocycles. The maximum absolute atomic E-state index is 12.7. The zero-order chi connectivity index (χ0) is 23.2. The van der Waals surface area contributed by atoms with Crippen LogP contribution >= 0.6 is 39.3 Å². The van der Waals surface area contributed by atoms with Crippen LogP contribution in [0.25, 0.3) is 6.08 Å². The maximum atomic E-state index is 12.7. The predicted molar refractivity (Wildman–Crippen MR) is 135 cm³/mol. The topological polar surface area (TPSA) is 55.8 Å². The van der Waals surface area contributed by atoms with Gasteiger partial charge in [0.15, 0.2) is 0 Å². The zero-order valence-electron chi connectivity index (χ0n) is 17.4. The normalized spacial score (nSPS) is 14.7. The highest BCUT2D eigenvalue weighted by atomic mass is 79.9. The Morgan fingerprint density at radius 2 is 1.52 bits per heavy atom. The third-order valence-electron chi connectivity index (χ3n) is 4.77. The van der Waals surface area contributed by atoms with E-state index in [0.29, 0.717) is 22.3 Å². The molecule has 8 heteroatoms. The minimum atomic E-state index is -0.319. The number of thioether (sulfide) groups is 1. The fraction of sp³-hybridized carbons (Fsp3) is 0.120. The van der Waals surface area contributed by atoms with Crippen molar-refractivity contribution in [3.05, 3.63) is 98.3 Å². The van der Waals surface area contributed by atoms with E-state index in [-0.39, 0.29) is 24.3 Å². The molecule has 5 nitrogen and oxygen atoms in total. The number of imide groups is 1. The van der Waals surface area contributed by atoms with E-state index in [1.165, 1.54) is 4.90 Å². The van der Waals surface area contributed by atoms with Crippen LogP contribution in [-0.4, -0.2) is 29.2 Å². The molecule has 168 valence electrons. The van der Waals surface area contributed by atoms with Crippen molar-refractivity contribution in [3.63, 3.8) is 0 Å². The molecule has 0 unspecified atom stereocenters. The van der Waals surface area contributed by atoms with Gasteiger partial charge in [0.05, 0.1) is 11.4 Å². The van der Waals surface area contributed by atoms with Crippen LogP contribution in [0.4, 0.5) is 4.79 Å². The first kappa shape index (κ1) is 23.4. The number of hydrogen-bond acceptors (Lipinski definition) is 5. The van der Waals surface area contributed by atoms with E-state index >= 15 is 0 Å². The number of ether oxygens (including phenoxy) is 2. The van der Waals surface area contributed by atoms with Gasteiger partial charge in [-0.3, -0.25) is 14.5 Å². The van der Waals surface area contributed by atoms with Gasteiger partial charge in [-0.25, -0.2) is 0 Å². The Labute approximate surface area is 209 Å². The van der Waals surface area contributed by atoms with Crippen molar-refractivity contribution in [2.75, 3.05) is 13.2 Å². The van der Waals surface area contributed by atoms with Crippen LogP contribution in [0.5, 0.6) is 11.5 Å². The molecule has 0 radical (unpaired) electrons. The number of carbonyl (C=O) groups excluding carboxylic acids is 2. The zero-order valence-corrected chi connectivity index (χ0v) is 20.5. The summed E-state index contributed by atoms with van der Waals surface area (Å²) in [7, 11) is 0. The van der Waals surface area contributed by atoms with E-state index in [4.69, 9.17) is 21.1 Å². The van der Waals surface area contributed by atoms with Crippen molar-refractivity contribution >= 4 is 56.5 Å². The molecule has 0 N–H and O–H groups in total. The average Bonchev–Trinajstić information content (AvgIpc) is 3.08. The lowest BCUT2D eigenvalue weighted by Crippen LogP contribution is -2.32. The lowest BCUT2D eigenvalue weighted by atomic mass is 10.2. The number of nitrogens with zero attached hydrogens (tertiary/aromatic N) is 1. The third kappa shape index (κ3) is 6.41. The number of rotatable bonds is 8. The van der Waals surface area contributed by atoms with E-state index in [1.54, 1.807) is 30.3 Å². The molecule has 0 spiro atoms. The summed E-state index contributed by atoms with van der Waals surface area (Å²) >= 11 is 10.2.